The van der Waals surface area contributed by atoms with Crippen molar-refractivity contribution in [3.8, 4) is 11.8 Å². The number of nitrogens with zero attached hydrogens (tertiary/aromatic N) is 2. The van der Waals surface area contributed by atoms with E-state index in [4.69, 9.17) is 0 Å². The maximum atomic E-state index is 10.7. The molecule has 4 heteroatoms. The Morgan fingerprint density at radius 2 is 0.833 bits per heavy atom. The molecule has 0 unspecified atom stereocenters. The minimum atomic E-state index is -0.468. The molecule has 158 valence electrons. The van der Waals surface area contributed by atoms with E-state index < -0.39 is 22.2 Å². The molecular formula is C26H32N2O2. The van der Waals surface area contributed by atoms with E-state index in [2.05, 4.69) is 36.1 Å². The van der Waals surface area contributed by atoms with Crippen LogP contribution in [0, 0.1) is 11.8 Å². The van der Waals surface area contributed by atoms with Crippen LogP contribution in [0.15, 0.2) is 36.4 Å². The predicted molar refractivity (Wildman–Crippen MR) is 118 cm³/mol. The molecule has 0 aromatic heterocycles. The number of hydroxylamine groups is 4. The van der Waals surface area contributed by atoms with Crippen LogP contribution in [0.5, 0.6) is 0 Å². The van der Waals surface area contributed by atoms with Gasteiger partial charge in [0.05, 0.1) is 22.2 Å². The summed E-state index contributed by atoms with van der Waals surface area (Å²) in [5.41, 5.74) is 4.53. The molecular weight excluding hydrogens is 372 g/mol. The van der Waals surface area contributed by atoms with Gasteiger partial charge in [-0.05, 0) is 102 Å². The van der Waals surface area contributed by atoms with Gasteiger partial charge in [0.2, 0.25) is 0 Å². The van der Waals surface area contributed by atoms with Gasteiger partial charge in [0, 0.05) is 11.1 Å². The van der Waals surface area contributed by atoms with Gasteiger partial charge in [-0.2, -0.15) is 10.1 Å². The highest BCUT2D eigenvalue weighted by Crippen LogP contribution is 2.49. The molecule has 0 fully saturated rings. The Hall–Kier alpha value is -2.16. The summed E-state index contributed by atoms with van der Waals surface area (Å²) >= 11 is 0. The Morgan fingerprint density at radius 3 is 1.17 bits per heavy atom. The smallest absolute Gasteiger partial charge is 0.0666 e. The Kier molecular flexibility index (Phi) is 4.35. The van der Waals surface area contributed by atoms with E-state index in [1.54, 1.807) is 0 Å². The Morgan fingerprint density at radius 1 is 0.533 bits per heavy atom. The van der Waals surface area contributed by atoms with Crippen LogP contribution in [0.1, 0.15) is 88.8 Å². The number of benzene rings is 2. The zero-order valence-corrected chi connectivity index (χ0v) is 19.3. The lowest BCUT2D eigenvalue weighted by Crippen LogP contribution is -2.42. The third-order valence-electron chi connectivity index (χ3n) is 7.14. The van der Waals surface area contributed by atoms with E-state index in [1.807, 2.05) is 67.5 Å². The topological polar surface area (TPSA) is 46.9 Å². The highest BCUT2D eigenvalue weighted by Gasteiger charge is 2.49. The van der Waals surface area contributed by atoms with Gasteiger partial charge in [-0.1, -0.05) is 24.0 Å². The molecule has 2 N–H and O–H groups in total. The standard InChI is InChI=1S/C26H32N2O2/c1-23(2)19-13-11-17(15-21(19)25(5,6)27(23)29)9-10-18-12-14-20-22(16-18)26(7,8)28(30)24(20,3)4/h11-16,29-30H,1-8H3. The molecule has 0 spiro atoms. The Bertz CT molecular complexity index is 1010. The first-order valence-corrected chi connectivity index (χ1v) is 10.5. The molecule has 2 aromatic carbocycles. The minimum absolute atomic E-state index is 0.431. The summed E-state index contributed by atoms with van der Waals surface area (Å²) in [7, 11) is 0. The van der Waals surface area contributed by atoms with Crippen LogP contribution in [0.3, 0.4) is 0 Å². The zero-order valence-electron chi connectivity index (χ0n) is 19.3. The van der Waals surface area contributed by atoms with Crippen molar-refractivity contribution < 1.29 is 10.4 Å². The van der Waals surface area contributed by atoms with Crippen molar-refractivity contribution in [1.29, 1.82) is 0 Å². The zero-order chi connectivity index (χ0) is 22.3. The third kappa shape index (κ3) is 2.70. The van der Waals surface area contributed by atoms with E-state index in [-0.39, 0.29) is 0 Å². The van der Waals surface area contributed by atoms with Crippen molar-refractivity contribution in [3.63, 3.8) is 0 Å². The van der Waals surface area contributed by atoms with Gasteiger partial charge in [-0.3, -0.25) is 0 Å². The van der Waals surface area contributed by atoms with Crippen molar-refractivity contribution in [2.45, 2.75) is 77.5 Å². The molecule has 2 heterocycles. The monoisotopic (exact) mass is 404 g/mol. The summed E-state index contributed by atoms with van der Waals surface area (Å²) in [4.78, 5) is 0. The molecule has 30 heavy (non-hydrogen) atoms. The lowest BCUT2D eigenvalue weighted by atomic mass is 9.88. The van der Waals surface area contributed by atoms with Crippen LogP contribution in [0.2, 0.25) is 0 Å². The van der Waals surface area contributed by atoms with Crippen LogP contribution < -0.4 is 0 Å². The molecule has 2 aromatic rings. The lowest BCUT2D eigenvalue weighted by Gasteiger charge is -2.34. The quantitative estimate of drug-likeness (QED) is 0.574. The van der Waals surface area contributed by atoms with E-state index in [0.29, 0.717) is 0 Å². The van der Waals surface area contributed by atoms with Gasteiger partial charge in [0.25, 0.3) is 0 Å². The molecule has 4 nitrogen and oxygen atoms in total. The summed E-state index contributed by atoms with van der Waals surface area (Å²) in [6, 6.07) is 12.4. The Labute approximate surface area is 180 Å². The van der Waals surface area contributed by atoms with E-state index >= 15 is 0 Å². The summed E-state index contributed by atoms with van der Waals surface area (Å²) in [6.07, 6.45) is 0. The third-order valence-corrected chi connectivity index (χ3v) is 7.14. The summed E-state index contributed by atoms with van der Waals surface area (Å²) in [5, 5.41) is 24.2. The van der Waals surface area contributed by atoms with Crippen LogP contribution in [-0.4, -0.2) is 20.5 Å². The molecule has 2 aliphatic rings. The molecule has 0 saturated carbocycles. The molecule has 0 amide bonds. The average molecular weight is 405 g/mol. The number of rotatable bonds is 0. The summed E-state index contributed by atoms with van der Waals surface area (Å²) in [5.74, 6) is 6.59. The predicted octanol–water partition coefficient (Wildman–Crippen LogP) is 5.44. The molecule has 0 saturated heterocycles. The summed E-state index contributed by atoms with van der Waals surface area (Å²) < 4.78 is 0. The number of fused-ring (bicyclic) bond motifs is 2. The van der Waals surface area contributed by atoms with E-state index in [0.717, 1.165) is 33.4 Å². The highest BCUT2D eigenvalue weighted by atomic mass is 16.5. The molecule has 0 bridgehead atoms. The second kappa shape index (κ2) is 6.18. The van der Waals surface area contributed by atoms with Crippen LogP contribution in [0.25, 0.3) is 0 Å². The van der Waals surface area contributed by atoms with Crippen LogP contribution in [0.4, 0.5) is 0 Å². The van der Waals surface area contributed by atoms with E-state index in [9.17, 15) is 10.4 Å². The summed E-state index contributed by atoms with van der Waals surface area (Å²) in [6.45, 7) is 16.2. The molecule has 0 atom stereocenters. The first-order valence-electron chi connectivity index (χ1n) is 10.5. The van der Waals surface area contributed by atoms with Crippen molar-refractivity contribution in [2.75, 3.05) is 0 Å². The maximum Gasteiger partial charge on any atom is 0.0666 e. The maximum absolute atomic E-state index is 10.7. The molecule has 2 aliphatic heterocycles. The van der Waals surface area contributed by atoms with Gasteiger partial charge in [-0.15, -0.1) is 0 Å². The highest BCUT2D eigenvalue weighted by molar-refractivity contribution is 5.53. The second-order valence-electron chi connectivity index (χ2n) is 10.6. The Balaban J connectivity index is 1.73. The van der Waals surface area contributed by atoms with Crippen molar-refractivity contribution in [3.05, 3.63) is 69.8 Å². The molecule has 4 rings (SSSR count). The fraction of sp³-hybridized carbons (Fsp3) is 0.462. The van der Waals surface area contributed by atoms with Crippen LogP contribution >= 0.6 is 0 Å². The van der Waals surface area contributed by atoms with Gasteiger partial charge in [0.15, 0.2) is 0 Å². The lowest BCUT2D eigenvalue weighted by molar-refractivity contribution is -0.216. The first kappa shape index (κ1) is 21.1. The average Bonchev–Trinajstić information content (AvgIpc) is 2.91. The normalized spacial score (nSPS) is 22.9. The first-order chi connectivity index (χ1) is 13.7. The SMILES string of the molecule is CC1(C)c2ccc(C#Cc3ccc4c(c3)C(C)(C)N(O)C4(C)C)cc2C(C)(C)N1O. The molecule has 0 radical (unpaired) electrons. The van der Waals surface area contributed by atoms with Gasteiger partial charge < -0.3 is 10.4 Å². The number of hydrogen-bond acceptors (Lipinski definition) is 4. The minimum Gasteiger partial charge on any atom is -0.312 e. The fourth-order valence-corrected chi connectivity index (χ4v) is 5.32. The van der Waals surface area contributed by atoms with Crippen molar-refractivity contribution in [2.24, 2.45) is 0 Å². The fourth-order valence-electron chi connectivity index (χ4n) is 5.32. The van der Waals surface area contributed by atoms with Gasteiger partial charge in [-0.25, -0.2) is 0 Å². The van der Waals surface area contributed by atoms with Crippen molar-refractivity contribution >= 4 is 0 Å². The van der Waals surface area contributed by atoms with Crippen molar-refractivity contribution in [1.82, 2.24) is 10.1 Å². The van der Waals surface area contributed by atoms with E-state index in [1.165, 1.54) is 10.1 Å². The van der Waals surface area contributed by atoms with Gasteiger partial charge in [0.1, 0.15) is 0 Å². The second-order valence-corrected chi connectivity index (χ2v) is 10.6. The largest absolute Gasteiger partial charge is 0.312 e. The molecule has 0 aliphatic carbocycles. The van der Waals surface area contributed by atoms with Crippen LogP contribution in [-0.2, 0) is 22.2 Å². The van der Waals surface area contributed by atoms with Gasteiger partial charge >= 0.3 is 0 Å². The number of hydrogen-bond donors (Lipinski definition) is 2.